The first-order chi connectivity index (χ1) is 15.8. The summed E-state index contributed by atoms with van der Waals surface area (Å²) < 4.78 is 25.2. The number of aromatic nitrogens is 3. The van der Waals surface area contributed by atoms with E-state index in [0.29, 0.717) is 45.2 Å². The number of benzene rings is 2. The van der Waals surface area contributed by atoms with Crippen molar-refractivity contribution in [2.24, 2.45) is 0 Å². The predicted octanol–water partition coefficient (Wildman–Crippen LogP) is 3.43. The van der Waals surface area contributed by atoms with Gasteiger partial charge in [-0.3, -0.25) is 4.98 Å². The van der Waals surface area contributed by atoms with Crippen LogP contribution >= 0.6 is 0 Å². The molecule has 2 aliphatic rings. The normalized spacial score (nSPS) is 19.0. The smallest absolute Gasteiger partial charge is 0.148 e. The van der Waals surface area contributed by atoms with Crippen LogP contribution in [0.3, 0.4) is 0 Å². The van der Waals surface area contributed by atoms with Crippen LogP contribution < -0.4 is 10.2 Å². The van der Waals surface area contributed by atoms with Crippen LogP contribution in [-0.4, -0.2) is 61.0 Å². The average molecular weight is 436 g/mol. The number of ether oxygens (including phenoxy) is 2. The Morgan fingerprint density at radius 3 is 2.62 bits per heavy atom. The van der Waals surface area contributed by atoms with Gasteiger partial charge in [-0.25, -0.2) is 9.37 Å². The molecule has 2 N–H and O–H groups in total. The van der Waals surface area contributed by atoms with Gasteiger partial charge >= 0.3 is 0 Å². The lowest BCUT2D eigenvalue weighted by Crippen LogP contribution is -2.36. The number of morpholine rings is 2. The first-order valence-corrected chi connectivity index (χ1v) is 10.9. The topological polar surface area (TPSA) is 75.3 Å². The van der Waals surface area contributed by atoms with E-state index in [1.54, 1.807) is 0 Å². The molecule has 4 heterocycles. The van der Waals surface area contributed by atoms with Crippen LogP contribution in [0.15, 0.2) is 54.7 Å². The molecule has 1 unspecified atom stereocenters. The van der Waals surface area contributed by atoms with E-state index in [1.165, 1.54) is 11.5 Å². The van der Waals surface area contributed by atoms with Crippen LogP contribution in [-0.2, 0) is 9.47 Å². The van der Waals surface area contributed by atoms with E-state index in [1.807, 2.05) is 41.4 Å². The number of rotatable bonds is 2. The van der Waals surface area contributed by atoms with E-state index in [-0.39, 0.29) is 11.9 Å². The fraction of sp³-hybridized carbons (Fsp3) is 0.333. The monoisotopic (exact) mass is 435 g/mol. The molecule has 6 rings (SSSR count). The van der Waals surface area contributed by atoms with Gasteiger partial charge in [0.25, 0.3) is 0 Å². The van der Waals surface area contributed by atoms with Gasteiger partial charge in [-0.1, -0.05) is 24.3 Å². The Hall–Kier alpha value is -3.07. The van der Waals surface area contributed by atoms with Gasteiger partial charge in [0.05, 0.1) is 54.7 Å². The molecule has 2 aliphatic heterocycles. The van der Waals surface area contributed by atoms with Crippen molar-refractivity contribution in [1.29, 1.82) is 0 Å². The lowest BCUT2D eigenvalue weighted by molar-refractivity contribution is 0.0746. The molecule has 32 heavy (non-hydrogen) atoms. The van der Waals surface area contributed by atoms with Crippen LogP contribution in [0, 0.1) is 5.82 Å². The molecule has 0 aliphatic carbocycles. The highest BCUT2D eigenvalue weighted by Gasteiger charge is 2.21. The van der Waals surface area contributed by atoms with Crippen LogP contribution in [0.25, 0.3) is 21.9 Å². The van der Waals surface area contributed by atoms with Gasteiger partial charge in [-0.15, -0.1) is 0 Å². The Labute approximate surface area is 185 Å². The molecule has 2 aromatic carbocycles. The van der Waals surface area contributed by atoms with Gasteiger partial charge in [0.15, 0.2) is 0 Å². The summed E-state index contributed by atoms with van der Waals surface area (Å²) in [5.41, 5.74) is 3.16. The summed E-state index contributed by atoms with van der Waals surface area (Å²) in [4.78, 5) is 14.0. The molecule has 2 fully saturated rings. The third kappa shape index (κ3) is 4.57. The summed E-state index contributed by atoms with van der Waals surface area (Å²) in [6.45, 7) is 4.77. The quantitative estimate of drug-likeness (QED) is 0.503. The van der Waals surface area contributed by atoms with Crippen molar-refractivity contribution < 1.29 is 13.9 Å². The fourth-order valence-electron chi connectivity index (χ4n) is 4.01. The Morgan fingerprint density at radius 2 is 1.81 bits per heavy atom. The van der Waals surface area contributed by atoms with Crippen LogP contribution in [0.4, 0.5) is 10.1 Å². The molecule has 0 spiro atoms. The molecular formula is C24H26FN5O2. The number of halogens is 1. The standard InChI is InChI=1S/C15H19FN4O2.C9H7N/c16-10-7-11-12(8-14(10)20-2-5-21-6-3-20)19-15(18-11)13-9-22-4-1-17-13;1-2-6-9-8(4-1)5-3-7-10-9/h7-8,13,17H,1-6,9H2,(H,18,19);1-7H. The molecule has 0 bridgehead atoms. The number of hydrogen-bond acceptors (Lipinski definition) is 6. The molecule has 7 nitrogen and oxygen atoms in total. The van der Waals surface area contributed by atoms with Crippen molar-refractivity contribution in [1.82, 2.24) is 20.3 Å². The highest BCUT2D eigenvalue weighted by Crippen LogP contribution is 2.27. The molecule has 2 saturated heterocycles. The fourth-order valence-corrected chi connectivity index (χ4v) is 4.01. The van der Waals surface area contributed by atoms with Crippen molar-refractivity contribution in [3.63, 3.8) is 0 Å². The third-order valence-corrected chi connectivity index (χ3v) is 5.68. The number of imidazole rings is 1. The van der Waals surface area contributed by atoms with Gasteiger partial charge in [0, 0.05) is 37.3 Å². The molecule has 0 saturated carbocycles. The second-order valence-electron chi connectivity index (χ2n) is 7.82. The number of nitrogens with one attached hydrogen (secondary N) is 2. The van der Waals surface area contributed by atoms with Crippen LogP contribution in [0.1, 0.15) is 11.9 Å². The zero-order valence-electron chi connectivity index (χ0n) is 17.8. The first-order valence-electron chi connectivity index (χ1n) is 10.9. The SMILES string of the molecule is Fc1cc2[nH]c(C3COCCN3)nc2cc1N1CCOCC1.c1ccc2ncccc2c1. The maximum absolute atomic E-state index is 14.4. The molecule has 0 radical (unpaired) electrons. The Balaban J connectivity index is 0.000000180. The van der Waals surface area contributed by atoms with E-state index < -0.39 is 0 Å². The molecule has 4 aromatic rings. The van der Waals surface area contributed by atoms with Gasteiger partial charge in [-0.05, 0) is 18.2 Å². The number of hydrogen-bond donors (Lipinski definition) is 2. The van der Waals surface area contributed by atoms with E-state index >= 15 is 0 Å². The first kappa shape index (κ1) is 20.8. The molecule has 8 heteroatoms. The van der Waals surface area contributed by atoms with Gasteiger partial charge in [0.2, 0.25) is 0 Å². The van der Waals surface area contributed by atoms with Crippen LogP contribution in [0.5, 0.6) is 0 Å². The highest BCUT2D eigenvalue weighted by atomic mass is 19.1. The van der Waals surface area contributed by atoms with Crippen molar-refractivity contribution in [2.45, 2.75) is 6.04 Å². The number of aromatic amines is 1. The predicted molar refractivity (Wildman–Crippen MR) is 122 cm³/mol. The summed E-state index contributed by atoms with van der Waals surface area (Å²) in [6.07, 6.45) is 1.81. The molecule has 1 atom stereocenters. The van der Waals surface area contributed by atoms with Crippen LogP contribution in [0.2, 0.25) is 0 Å². The summed E-state index contributed by atoms with van der Waals surface area (Å²) >= 11 is 0. The number of H-pyrrole nitrogens is 1. The van der Waals surface area contributed by atoms with Gasteiger partial charge < -0.3 is 24.7 Å². The number of para-hydroxylation sites is 1. The number of anilines is 1. The lowest BCUT2D eigenvalue weighted by atomic mass is 10.2. The molecule has 2 aromatic heterocycles. The number of nitrogens with zero attached hydrogens (tertiary/aromatic N) is 3. The number of fused-ring (bicyclic) bond motifs is 2. The number of pyridine rings is 1. The maximum atomic E-state index is 14.4. The summed E-state index contributed by atoms with van der Waals surface area (Å²) in [5, 5.41) is 4.55. The highest BCUT2D eigenvalue weighted by molar-refractivity contribution is 5.80. The second kappa shape index (κ2) is 9.60. The minimum atomic E-state index is -0.225. The summed E-state index contributed by atoms with van der Waals surface area (Å²) in [6, 6.07) is 15.5. The Kier molecular flexibility index (Phi) is 6.24. The van der Waals surface area contributed by atoms with E-state index in [2.05, 4.69) is 32.4 Å². The van der Waals surface area contributed by atoms with Crippen molar-refractivity contribution in [3.05, 3.63) is 66.4 Å². The third-order valence-electron chi connectivity index (χ3n) is 5.68. The Morgan fingerprint density at radius 1 is 0.969 bits per heavy atom. The summed E-state index contributed by atoms with van der Waals surface area (Å²) in [7, 11) is 0. The van der Waals surface area contributed by atoms with Gasteiger partial charge in [-0.2, -0.15) is 0 Å². The second-order valence-corrected chi connectivity index (χ2v) is 7.82. The Bertz CT molecular complexity index is 1120. The zero-order chi connectivity index (χ0) is 21.8. The molecule has 0 amide bonds. The van der Waals surface area contributed by atoms with E-state index in [0.717, 1.165) is 28.9 Å². The maximum Gasteiger partial charge on any atom is 0.148 e. The largest absolute Gasteiger partial charge is 0.378 e. The van der Waals surface area contributed by atoms with E-state index in [4.69, 9.17) is 9.47 Å². The van der Waals surface area contributed by atoms with Crippen molar-refractivity contribution >= 4 is 27.6 Å². The molecular weight excluding hydrogens is 409 g/mol. The zero-order valence-corrected chi connectivity index (χ0v) is 17.8. The minimum absolute atomic E-state index is 0.0380. The van der Waals surface area contributed by atoms with Gasteiger partial charge in [0.1, 0.15) is 11.6 Å². The minimum Gasteiger partial charge on any atom is -0.378 e. The van der Waals surface area contributed by atoms with Crippen molar-refractivity contribution in [2.75, 3.05) is 51.0 Å². The lowest BCUT2D eigenvalue weighted by Gasteiger charge is -2.29. The van der Waals surface area contributed by atoms with Crippen molar-refractivity contribution in [3.8, 4) is 0 Å². The summed E-state index contributed by atoms with van der Waals surface area (Å²) in [5.74, 6) is 0.575. The molecule has 166 valence electrons. The van der Waals surface area contributed by atoms with E-state index in [9.17, 15) is 4.39 Å². The average Bonchev–Trinajstić information content (AvgIpc) is 3.28.